The third-order valence-corrected chi connectivity index (χ3v) is 5.28. The number of carbonyl (C=O) groups excluding carboxylic acids is 1. The van der Waals surface area contributed by atoms with Crippen molar-refractivity contribution < 1.29 is 14.7 Å². The summed E-state index contributed by atoms with van der Waals surface area (Å²) in [4.78, 5) is 23.2. The number of carbonyl (C=O) groups is 2. The molecule has 0 aromatic carbocycles. The predicted molar refractivity (Wildman–Crippen MR) is 128 cm³/mol. The van der Waals surface area contributed by atoms with E-state index in [2.05, 4.69) is 29.7 Å². The second kappa shape index (κ2) is 21.2. The van der Waals surface area contributed by atoms with Crippen molar-refractivity contribution in [2.75, 3.05) is 6.54 Å². The first-order valence-electron chi connectivity index (χ1n) is 12.2. The lowest BCUT2D eigenvalue weighted by Crippen LogP contribution is -2.41. The Morgan fingerprint density at radius 1 is 0.903 bits per heavy atom. The van der Waals surface area contributed by atoms with Crippen molar-refractivity contribution in [2.45, 2.75) is 116 Å². The van der Waals surface area contributed by atoms with Crippen LogP contribution in [0.1, 0.15) is 110 Å². The maximum atomic E-state index is 12.0. The van der Waals surface area contributed by atoms with E-state index in [4.69, 9.17) is 11.1 Å². The molecule has 0 saturated carbocycles. The van der Waals surface area contributed by atoms with E-state index in [1.54, 1.807) is 0 Å². The van der Waals surface area contributed by atoms with Crippen LogP contribution in [0.3, 0.4) is 0 Å². The van der Waals surface area contributed by atoms with Crippen molar-refractivity contribution in [1.29, 1.82) is 5.41 Å². The van der Waals surface area contributed by atoms with Gasteiger partial charge in [-0.05, 0) is 44.9 Å². The Labute approximate surface area is 189 Å². The summed E-state index contributed by atoms with van der Waals surface area (Å²) >= 11 is 0. The largest absolute Gasteiger partial charge is 0.480 e. The lowest BCUT2D eigenvalue weighted by molar-refractivity contribution is -0.142. The third-order valence-electron chi connectivity index (χ3n) is 5.28. The Hall–Kier alpha value is -2.05. The van der Waals surface area contributed by atoms with Crippen LogP contribution in [0.5, 0.6) is 0 Å². The molecule has 0 heterocycles. The first-order valence-corrected chi connectivity index (χ1v) is 12.2. The lowest BCUT2D eigenvalue weighted by atomic mass is 10.1. The van der Waals surface area contributed by atoms with E-state index in [1.165, 1.54) is 57.8 Å². The first-order chi connectivity index (χ1) is 15.0. The van der Waals surface area contributed by atoms with Crippen LogP contribution in [-0.2, 0) is 9.59 Å². The molecule has 0 aliphatic rings. The van der Waals surface area contributed by atoms with Gasteiger partial charge in [0.1, 0.15) is 6.04 Å². The first kappa shape index (κ1) is 28.9. The van der Waals surface area contributed by atoms with Crippen molar-refractivity contribution >= 4 is 17.8 Å². The minimum Gasteiger partial charge on any atom is -0.480 e. The fraction of sp³-hybridized carbons (Fsp3) is 0.792. The van der Waals surface area contributed by atoms with Crippen LogP contribution in [0.25, 0.3) is 0 Å². The van der Waals surface area contributed by atoms with Crippen LogP contribution in [0.15, 0.2) is 12.2 Å². The van der Waals surface area contributed by atoms with Crippen LogP contribution < -0.4 is 16.4 Å². The highest BCUT2D eigenvalue weighted by molar-refractivity contribution is 5.83. The zero-order valence-corrected chi connectivity index (χ0v) is 19.6. The molecule has 0 spiro atoms. The van der Waals surface area contributed by atoms with E-state index in [-0.39, 0.29) is 11.9 Å². The SMILES string of the molecule is CCCCCCCC/C=C/CCCCCCCC(=O)N[C@@H](CCCNC(=N)N)C(=O)O. The van der Waals surface area contributed by atoms with Crippen LogP contribution in [0.4, 0.5) is 0 Å². The molecule has 7 heteroatoms. The lowest BCUT2D eigenvalue weighted by Gasteiger charge is -2.14. The highest BCUT2D eigenvalue weighted by atomic mass is 16.4. The smallest absolute Gasteiger partial charge is 0.326 e. The minimum absolute atomic E-state index is 0.139. The number of hydrogen-bond acceptors (Lipinski definition) is 3. The molecule has 0 aliphatic heterocycles. The van der Waals surface area contributed by atoms with E-state index in [0.717, 1.165) is 25.7 Å². The molecule has 7 nitrogen and oxygen atoms in total. The summed E-state index contributed by atoms with van der Waals surface area (Å²) in [6.45, 7) is 2.67. The van der Waals surface area contributed by atoms with Crippen LogP contribution in [-0.4, -0.2) is 35.5 Å². The van der Waals surface area contributed by atoms with E-state index in [9.17, 15) is 14.7 Å². The molecular weight excluding hydrogens is 392 g/mol. The zero-order chi connectivity index (χ0) is 23.2. The van der Waals surface area contributed by atoms with Gasteiger partial charge in [0.05, 0.1) is 0 Å². The molecule has 0 fully saturated rings. The summed E-state index contributed by atoms with van der Waals surface area (Å²) in [5.74, 6) is -1.37. The number of guanidine groups is 1. The normalized spacial score (nSPS) is 12.0. The van der Waals surface area contributed by atoms with Crippen molar-refractivity contribution in [3.8, 4) is 0 Å². The number of aliphatic carboxylic acids is 1. The minimum atomic E-state index is -1.03. The Morgan fingerprint density at radius 3 is 2.00 bits per heavy atom. The number of nitrogens with two attached hydrogens (primary N) is 1. The monoisotopic (exact) mass is 438 g/mol. The van der Waals surface area contributed by atoms with Gasteiger partial charge in [-0.25, -0.2) is 4.79 Å². The van der Waals surface area contributed by atoms with Crippen LogP contribution >= 0.6 is 0 Å². The van der Waals surface area contributed by atoms with Gasteiger partial charge >= 0.3 is 5.97 Å². The highest BCUT2D eigenvalue weighted by Crippen LogP contribution is 2.10. The average molecular weight is 439 g/mol. The number of nitrogens with one attached hydrogen (secondary N) is 3. The molecule has 0 aromatic heterocycles. The number of rotatable bonds is 21. The summed E-state index contributed by atoms with van der Waals surface area (Å²) in [6, 6.07) is -0.885. The summed E-state index contributed by atoms with van der Waals surface area (Å²) in [5.41, 5.74) is 5.18. The number of unbranched alkanes of at least 4 members (excludes halogenated alkanes) is 11. The quantitative estimate of drug-likeness (QED) is 0.0757. The second-order valence-corrected chi connectivity index (χ2v) is 8.28. The number of amides is 1. The number of carboxylic acid groups (broad SMARTS) is 1. The van der Waals surface area contributed by atoms with Gasteiger partial charge in [-0.3, -0.25) is 10.2 Å². The second-order valence-electron chi connectivity index (χ2n) is 8.28. The molecular formula is C24H46N4O3. The van der Waals surface area contributed by atoms with Gasteiger partial charge in [0.2, 0.25) is 5.91 Å². The van der Waals surface area contributed by atoms with Crippen LogP contribution in [0.2, 0.25) is 0 Å². The average Bonchev–Trinajstić information content (AvgIpc) is 2.72. The van der Waals surface area contributed by atoms with E-state index in [1.807, 2.05) is 0 Å². The van der Waals surface area contributed by atoms with Crippen LogP contribution in [0, 0.1) is 5.41 Å². The Bertz CT molecular complexity index is 509. The molecule has 0 aliphatic carbocycles. The predicted octanol–water partition coefficient (Wildman–Crippen LogP) is 4.86. The molecule has 0 aromatic rings. The van der Waals surface area contributed by atoms with Gasteiger partial charge in [-0.1, -0.05) is 70.4 Å². The maximum absolute atomic E-state index is 12.0. The van der Waals surface area contributed by atoms with Gasteiger partial charge in [-0.2, -0.15) is 0 Å². The summed E-state index contributed by atoms with van der Waals surface area (Å²) in [5, 5.41) is 21.5. The van der Waals surface area contributed by atoms with Gasteiger partial charge in [-0.15, -0.1) is 0 Å². The molecule has 0 saturated heterocycles. The Balaban J connectivity index is 3.59. The third kappa shape index (κ3) is 21.0. The fourth-order valence-electron chi connectivity index (χ4n) is 3.41. The molecule has 0 unspecified atom stereocenters. The molecule has 0 bridgehead atoms. The van der Waals surface area contributed by atoms with E-state index < -0.39 is 12.0 Å². The molecule has 180 valence electrons. The van der Waals surface area contributed by atoms with E-state index in [0.29, 0.717) is 25.8 Å². The maximum Gasteiger partial charge on any atom is 0.326 e. The number of carboxylic acids is 1. The summed E-state index contributed by atoms with van der Waals surface area (Å²) in [7, 11) is 0. The molecule has 31 heavy (non-hydrogen) atoms. The van der Waals surface area contributed by atoms with Crippen molar-refractivity contribution in [1.82, 2.24) is 10.6 Å². The highest BCUT2D eigenvalue weighted by Gasteiger charge is 2.19. The Morgan fingerprint density at radius 2 is 1.45 bits per heavy atom. The van der Waals surface area contributed by atoms with Gasteiger partial charge in [0.25, 0.3) is 0 Å². The number of allylic oxidation sites excluding steroid dienone is 2. The van der Waals surface area contributed by atoms with Crippen molar-refractivity contribution in [2.24, 2.45) is 5.73 Å². The topological polar surface area (TPSA) is 128 Å². The van der Waals surface area contributed by atoms with Gasteiger partial charge < -0.3 is 21.5 Å². The molecule has 6 N–H and O–H groups in total. The van der Waals surface area contributed by atoms with Gasteiger partial charge in [0, 0.05) is 13.0 Å². The number of hydrogen-bond donors (Lipinski definition) is 5. The molecule has 1 atom stereocenters. The summed E-state index contributed by atoms with van der Waals surface area (Å²) in [6.07, 6.45) is 21.5. The molecule has 1 amide bonds. The van der Waals surface area contributed by atoms with Gasteiger partial charge in [0.15, 0.2) is 5.96 Å². The fourth-order valence-corrected chi connectivity index (χ4v) is 3.41. The standard InChI is InChI=1S/C24H46N4O3/c1-2-3-4-5-6-7-8-9-10-11-12-13-14-15-16-19-22(29)28-21(23(30)31)18-17-20-27-24(25)26/h9-10,21H,2-8,11-20H2,1H3,(H,28,29)(H,30,31)(H4,25,26,27)/b10-9+/t21-/m0/s1. The summed E-state index contributed by atoms with van der Waals surface area (Å²) < 4.78 is 0. The molecule has 0 radical (unpaired) electrons. The molecule has 0 rings (SSSR count). The van der Waals surface area contributed by atoms with E-state index >= 15 is 0 Å². The Kier molecular flexibility index (Phi) is 19.8. The van der Waals surface area contributed by atoms with Crippen molar-refractivity contribution in [3.05, 3.63) is 12.2 Å². The van der Waals surface area contributed by atoms with Crippen molar-refractivity contribution in [3.63, 3.8) is 0 Å². The zero-order valence-electron chi connectivity index (χ0n) is 19.6.